The van der Waals surface area contributed by atoms with E-state index in [2.05, 4.69) is 15.4 Å². The summed E-state index contributed by atoms with van der Waals surface area (Å²) in [5, 5.41) is 7.60. The highest BCUT2D eigenvalue weighted by Gasteiger charge is 2.28. The molecule has 162 valence electrons. The monoisotopic (exact) mass is 433 g/mol. The fourth-order valence-corrected chi connectivity index (χ4v) is 3.60. The van der Waals surface area contributed by atoms with Gasteiger partial charge in [0.25, 0.3) is 5.91 Å². The molecule has 3 rings (SSSR count). The Morgan fingerprint density at radius 1 is 1.20 bits per heavy atom. The van der Waals surface area contributed by atoms with Gasteiger partial charge >= 0.3 is 6.09 Å². The summed E-state index contributed by atoms with van der Waals surface area (Å²) in [4.78, 5) is 31.2. The number of amides is 2. The molecule has 2 amide bonds. The number of carbonyl (C=O) groups excluding carboxylic acids is 2. The van der Waals surface area contributed by atoms with E-state index in [9.17, 15) is 9.59 Å². The van der Waals surface area contributed by atoms with Crippen molar-refractivity contribution in [3.8, 4) is 5.82 Å². The first-order valence-electron chi connectivity index (χ1n) is 10.0. The summed E-state index contributed by atoms with van der Waals surface area (Å²) < 4.78 is 6.99. The lowest BCUT2D eigenvalue weighted by Crippen LogP contribution is -2.47. The van der Waals surface area contributed by atoms with Crippen LogP contribution in [0.1, 0.15) is 55.5 Å². The number of piperidine rings is 1. The van der Waals surface area contributed by atoms with Gasteiger partial charge in [0.15, 0.2) is 5.82 Å². The van der Waals surface area contributed by atoms with Crippen molar-refractivity contribution in [1.29, 1.82) is 0 Å². The zero-order chi connectivity index (χ0) is 22.1. The molecule has 0 aliphatic carbocycles. The van der Waals surface area contributed by atoms with Crippen LogP contribution in [0.15, 0.2) is 18.2 Å². The average Bonchev–Trinajstić information content (AvgIpc) is 2.99. The van der Waals surface area contributed by atoms with Gasteiger partial charge in [0.05, 0.1) is 10.7 Å². The molecule has 1 saturated heterocycles. The van der Waals surface area contributed by atoms with E-state index in [4.69, 9.17) is 16.3 Å². The minimum Gasteiger partial charge on any atom is -0.444 e. The van der Waals surface area contributed by atoms with Crippen LogP contribution in [0.5, 0.6) is 0 Å². The van der Waals surface area contributed by atoms with Crippen LogP contribution < -0.4 is 5.32 Å². The van der Waals surface area contributed by atoms with Crippen LogP contribution in [-0.4, -0.2) is 56.4 Å². The Morgan fingerprint density at radius 2 is 1.87 bits per heavy atom. The number of aryl methyl sites for hydroxylation is 2. The van der Waals surface area contributed by atoms with Gasteiger partial charge in [0.1, 0.15) is 11.3 Å². The summed E-state index contributed by atoms with van der Waals surface area (Å²) in [6.45, 7) is 10.3. The zero-order valence-corrected chi connectivity index (χ0v) is 18.8. The number of nitrogens with zero attached hydrogens (tertiary/aromatic N) is 4. The van der Waals surface area contributed by atoms with E-state index < -0.39 is 11.7 Å². The van der Waals surface area contributed by atoms with Gasteiger partial charge in [-0.1, -0.05) is 11.6 Å². The number of pyridine rings is 1. The molecule has 9 heteroatoms. The predicted octanol–water partition coefficient (Wildman–Crippen LogP) is 3.67. The molecule has 0 atom stereocenters. The van der Waals surface area contributed by atoms with E-state index in [1.807, 2.05) is 40.7 Å². The maximum Gasteiger partial charge on any atom is 0.407 e. The van der Waals surface area contributed by atoms with Crippen molar-refractivity contribution < 1.29 is 14.3 Å². The number of rotatable bonds is 3. The highest BCUT2D eigenvalue weighted by molar-refractivity contribution is 6.33. The summed E-state index contributed by atoms with van der Waals surface area (Å²) in [5.41, 5.74) is 1.46. The molecule has 0 radical (unpaired) electrons. The molecule has 0 unspecified atom stereocenters. The second-order valence-electron chi connectivity index (χ2n) is 8.55. The molecule has 1 aliphatic heterocycles. The topological polar surface area (TPSA) is 89.4 Å². The quantitative estimate of drug-likeness (QED) is 0.797. The van der Waals surface area contributed by atoms with Crippen LogP contribution in [0.3, 0.4) is 0 Å². The number of alkyl carbamates (subject to hydrolysis) is 1. The third kappa shape index (κ3) is 5.30. The molecule has 2 aromatic rings. The highest BCUT2D eigenvalue weighted by Crippen LogP contribution is 2.21. The van der Waals surface area contributed by atoms with Crippen molar-refractivity contribution in [2.24, 2.45) is 0 Å². The predicted molar refractivity (Wildman–Crippen MR) is 114 cm³/mol. The standard InChI is InChI=1S/C21H28ClN5O3/c1-13-12-14(2)27(25-13)17-7-6-16(22)18(24-17)19(28)26-10-8-15(9-11-26)23-20(29)30-21(3,4)5/h6-7,12,15H,8-11H2,1-5H3,(H,23,29). The lowest BCUT2D eigenvalue weighted by atomic mass is 10.0. The molecule has 30 heavy (non-hydrogen) atoms. The molecule has 0 saturated carbocycles. The summed E-state index contributed by atoms with van der Waals surface area (Å²) >= 11 is 6.29. The molecule has 0 spiro atoms. The second-order valence-corrected chi connectivity index (χ2v) is 8.96. The van der Waals surface area contributed by atoms with E-state index >= 15 is 0 Å². The van der Waals surface area contributed by atoms with Crippen LogP contribution in [0, 0.1) is 13.8 Å². The van der Waals surface area contributed by atoms with Crippen LogP contribution in [0.25, 0.3) is 5.82 Å². The molecule has 8 nitrogen and oxygen atoms in total. The third-order valence-electron chi connectivity index (χ3n) is 4.76. The first-order valence-corrected chi connectivity index (χ1v) is 10.4. The van der Waals surface area contributed by atoms with Gasteiger partial charge < -0.3 is 15.0 Å². The van der Waals surface area contributed by atoms with Gasteiger partial charge in [0, 0.05) is 24.8 Å². The number of carbonyl (C=O) groups is 2. The van der Waals surface area contributed by atoms with Crippen molar-refractivity contribution in [2.45, 2.75) is 59.1 Å². The summed E-state index contributed by atoms with van der Waals surface area (Å²) in [7, 11) is 0. The fourth-order valence-electron chi connectivity index (χ4n) is 3.41. The van der Waals surface area contributed by atoms with Crippen molar-refractivity contribution in [3.05, 3.63) is 40.3 Å². The average molecular weight is 434 g/mol. The minimum absolute atomic E-state index is 0.0339. The Bertz CT molecular complexity index is 943. The number of ether oxygens (including phenoxy) is 1. The second kappa shape index (κ2) is 8.63. The van der Waals surface area contributed by atoms with Crippen LogP contribution in [0.2, 0.25) is 5.02 Å². The minimum atomic E-state index is -0.542. The molecule has 0 bridgehead atoms. The maximum atomic E-state index is 13.0. The summed E-state index contributed by atoms with van der Waals surface area (Å²) in [6.07, 6.45) is 0.842. The van der Waals surface area contributed by atoms with E-state index in [1.54, 1.807) is 21.7 Å². The van der Waals surface area contributed by atoms with Crippen molar-refractivity contribution in [3.63, 3.8) is 0 Å². The molecule has 1 N–H and O–H groups in total. The third-order valence-corrected chi connectivity index (χ3v) is 5.07. The molecular weight excluding hydrogens is 406 g/mol. The summed E-state index contributed by atoms with van der Waals surface area (Å²) in [5.74, 6) is 0.328. The zero-order valence-electron chi connectivity index (χ0n) is 18.0. The fraction of sp³-hybridized carbons (Fsp3) is 0.524. The van der Waals surface area contributed by atoms with Crippen molar-refractivity contribution in [1.82, 2.24) is 25.0 Å². The van der Waals surface area contributed by atoms with Gasteiger partial charge in [0.2, 0.25) is 0 Å². The molecule has 3 heterocycles. The van der Waals surface area contributed by atoms with Gasteiger partial charge in [-0.25, -0.2) is 14.5 Å². The van der Waals surface area contributed by atoms with Crippen LogP contribution in [0.4, 0.5) is 4.79 Å². The molecular formula is C21H28ClN5O3. The van der Waals surface area contributed by atoms with Crippen molar-refractivity contribution in [2.75, 3.05) is 13.1 Å². The van der Waals surface area contributed by atoms with Crippen LogP contribution in [-0.2, 0) is 4.74 Å². The lowest BCUT2D eigenvalue weighted by Gasteiger charge is -2.32. The number of hydrogen-bond acceptors (Lipinski definition) is 5. The van der Waals surface area contributed by atoms with Crippen molar-refractivity contribution >= 4 is 23.6 Å². The van der Waals surface area contributed by atoms with E-state index in [-0.39, 0.29) is 17.6 Å². The van der Waals surface area contributed by atoms with Gasteiger partial charge in [-0.2, -0.15) is 5.10 Å². The lowest BCUT2D eigenvalue weighted by molar-refractivity contribution is 0.0473. The van der Waals surface area contributed by atoms with E-state index in [0.717, 1.165) is 11.4 Å². The number of likely N-dealkylation sites (tertiary alicyclic amines) is 1. The molecule has 2 aromatic heterocycles. The Hall–Kier alpha value is -2.61. The normalized spacial score (nSPS) is 15.2. The molecule has 0 aromatic carbocycles. The molecule has 1 fully saturated rings. The number of hydrogen-bond donors (Lipinski definition) is 1. The Labute approximate surface area is 181 Å². The van der Waals surface area contributed by atoms with Gasteiger partial charge in [-0.3, -0.25) is 4.79 Å². The first-order chi connectivity index (χ1) is 14.0. The van der Waals surface area contributed by atoms with Crippen LogP contribution >= 0.6 is 11.6 Å². The van der Waals surface area contributed by atoms with E-state index in [0.29, 0.717) is 36.8 Å². The van der Waals surface area contributed by atoms with Gasteiger partial charge in [-0.05, 0) is 65.7 Å². The smallest absolute Gasteiger partial charge is 0.407 e. The Kier molecular flexibility index (Phi) is 6.36. The molecule has 1 aliphatic rings. The highest BCUT2D eigenvalue weighted by atomic mass is 35.5. The number of aromatic nitrogens is 3. The first kappa shape index (κ1) is 22.1. The summed E-state index contributed by atoms with van der Waals surface area (Å²) in [6, 6.07) is 5.33. The van der Waals surface area contributed by atoms with E-state index in [1.165, 1.54) is 0 Å². The number of halogens is 1. The van der Waals surface area contributed by atoms with Gasteiger partial charge in [-0.15, -0.1) is 0 Å². The number of nitrogens with one attached hydrogen (secondary N) is 1. The SMILES string of the molecule is Cc1cc(C)n(-c2ccc(Cl)c(C(=O)N3CCC(NC(=O)OC(C)(C)C)CC3)n2)n1. The Balaban J connectivity index is 1.66. The maximum absolute atomic E-state index is 13.0. The Morgan fingerprint density at radius 3 is 2.43 bits per heavy atom. The largest absolute Gasteiger partial charge is 0.444 e.